The van der Waals surface area contributed by atoms with Gasteiger partial charge in [0.05, 0.1) is 0 Å². The Labute approximate surface area is 117 Å². The third-order valence-electron chi connectivity index (χ3n) is 3.59. The molecule has 0 saturated heterocycles. The van der Waals surface area contributed by atoms with Gasteiger partial charge < -0.3 is 0 Å². The molecule has 2 aliphatic carbocycles. The van der Waals surface area contributed by atoms with E-state index in [1.54, 1.807) is 0 Å². The van der Waals surface area contributed by atoms with E-state index in [4.69, 9.17) is 0 Å². The van der Waals surface area contributed by atoms with Crippen molar-refractivity contribution in [2.45, 2.75) is 46.5 Å². The van der Waals surface area contributed by atoms with Gasteiger partial charge in [-0.05, 0) is 63.2 Å². The number of hydrogen-bond donors (Lipinski definition) is 0. The van der Waals surface area contributed by atoms with Crippen molar-refractivity contribution in [3.63, 3.8) is 0 Å². The van der Waals surface area contributed by atoms with Crippen LogP contribution in [0.3, 0.4) is 0 Å². The van der Waals surface area contributed by atoms with Crippen LogP contribution in [0.15, 0.2) is 59.2 Å². The molecule has 0 heterocycles. The third-order valence-corrected chi connectivity index (χ3v) is 3.59. The SMILES string of the molecule is CC(C)=CC1=CC=C(C)CCc2ccc(cc2)CC1. The lowest BCUT2D eigenvalue weighted by Crippen LogP contribution is -1.92. The van der Waals surface area contributed by atoms with E-state index in [0.29, 0.717) is 0 Å². The maximum atomic E-state index is 2.31. The van der Waals surface area contributed by atoms with Crippen LogP contribution in [-0.4, -0.2) is 0 Å². The van der Waals surface area contributed by atoms with Gasteiger partial charge in [0.2, 0.25) is 0 Å². The standard InChI is InChI=1S/C19H24/c1-15(2)14-19-7-5-16(3)4-6-17-8-10-18(11-9-17)12-13-19/h5,7-11,14H,4,6,12-13H2,1-3H3. The minimum Gasteiger partial charge on any atom is -0.0762 e. The summed E-state index contributed by atoms with van der Waals surface area (Å²) in [5.41, 5.74) is 7.16. The van der Waals surface area contributed by atoms with Gasteiger partial charge in [0, 0.05) is 0 Å². The highest BCUT2D eigenvalue weighted by molar-refractivity contribution is 5.31. The van der Waals surface area contributed by atoms with E-state index in [9.17, 15) is 0 Å². The number of allylic oxidation sites excluding steroid dienone is 6. The van der Waals surface area contributed by atoms with Gasteiger partial charge in [0.25, 0.3) is 0 Å². The Bertz CT molecular complexity index is 505. The zero-order valence-electron chi connectivity index (χ0n) is 12.4. The molecule has 0 aliphatic heterocycles. The summed E-state index contributed by atoms with van der Waals surface area (Å²) in [5.74, 6) is 0. The van der Waals surface area contributed by atoms with Gasteiger partial charge in [-0.2, -0.15) is 0 Å². The first-order valence-corrected chi connectivity index (χ1v) is 7.22. The lowest BCUT2D eigenvalue weighted by molar-refractivity contribution is 0.922. The van der Waals surface area contributed by atoms with Gasteiger partial charge in [-0.25, -0.2) is 0 Å². The zero-order valence-corrected chi connectivity index (χ0v) is 12.4. The number of aryl methyl sites for hydroxylation is 2. The number of fused-ring (bicyclic) bond motifs is 7. The molecule has 1 aromatic carbocycles. The molecule has 0 saturated carbocycles. The predicted octanol–water partition coefficient (Wildman–Crippen LogP) is 5.40. The van der Waals surface area contributed by atoms with Crippen molar-refractivity contribution in [1.29, 1.82) is 0 Å². The smallest absolute Gasteiger partial charge is 0.0238 e. The van der Waals surface area contributed by atoms with Crippen molar-refractivity contribution >= 4 is 0 Å². The van der Waals surface area contributed by atoms with Gasteiger partial charge in [-0.3, -0.25) is 0 Å². The first kappa shape index (κ1) is 13.9. The van der Waals surface area contributed by atoms with E-state index < -0.39 is 0 Å². The molecule has 0 heteroatoms. The van der Waals surface area contributed by atoms with Crippen LogP contribution in [-0.2, 0) is 12.8 Å². The van der Waals surface area contributed by atoms with Crippen molar-refractivity contribution in [3.8, 4) is 0 Å². The summed E-state index contributed by atoms with van der Waals surface area (Å²) in [4.78, 5) is 0. The molecular weight excluding hydrogens is 228 g/mol. The molecule has 0 fully saturated rings. The highest BCUT2D eigenvalue weighted by Crippen LogP contribution is 2.17. The molecular formula is C19H24. The van der Waals surface area contributed by atoms with Gasteiger partial charge in [-0.15, -0.1) is 0 Å². The number of benzene rings is 1. The average Bonchev–Trinajstić information content (AvgIpc) is 2.38. The Morgan fingerprint density at radius 1 is 0.842 bits per heavy atom. The van der Waals surface area contributed by atoms with E-state index in [0.717, 1.165) is 25.7 Å². The van der Waals surface area contributed by atoms with Crippen molar-refractivity contribution in [1.82, 2.24) is 0 Å². The van der Waals surface area contributed by atoms with Crippen LogP contribution in [0.5, 0.6) is 0 Å². The normalized spacial score (nSPS) is 15.9. The first-order chi connectivity index (χ1) is 9.13. The fourth-order valence-corrected chi connectivity index (χ4v) is 2.41. The maximum Gasteiger partial charge on any atom is -0.0238 e. The van der Waals surface area contributed by atoms with Gasteiger partial charge in [0.1, 0.15) is 0 Å². The number of hydrogen-bond acceptors (Lipinski definition) is 0. The lowest BCUT2D eigenvalue weighted by Gasteiger charge is -2.08. The van der Waals surface area contributed by atoms with Crippen LogP contribution in [0, 0.1) is 0 Å². The molecule has 3 rings (SSSR count). The summed E-state index contributed by atoms with van der Waals surface area (Å²) in [5, 5.41) is 0. The van der Waals surface area contributed by atoms with E-state index in [1.807, 2.05) is 0 Å². The Morgan fingerprint density at radius 3 is 2.00 bits per heavy atom. The van der Waals surface area contributed by atoms with Crippen LogP contribution in [0.4, 0.5) is 0 Å². The fourth-order valence-electron chi connectivity index (χ4n) is 2.41. The second kappa shape index (κ2) is 6.56. The van der Waals surface area contributed by atoms with Crippen LogP contribution in [0.1, 0.15) is 44.7 Å². The van der Waals surface area contributed by atoms with Gasteiger partial charge >= 0.3 is 0 Å². The topological polar surface area (TPSA) is 0 Å². The molecule has 2 bridgehead atoms. The molecule has 0 aromatic heterocycles. The largest absolute Gasteiger partial charge is 0.0762 e. The van der Waals surface area contributed by atoms with Crippen molar-refractivity contribution in [2.75, 3.05) is 0 Å². The molecule has 1 aromatic rings. The second-order valence-corrected chi connectivity index (χ2v) is 5.79. The summed E-state index contributed by atoms with van der Waals surface area (Å²) in [7, 11) is 0. The molecule has 2 aliphatic rings. The Hall–Kier alpha value is -1.56. The van der Waals surface area contributed by atoms with Crippen LogP contribution >= 0.6 is 0 Å². The Morgan fingerprint density at radius 2 is 1.42 bits per heavy atom. The maximum absolute atomic E-state index is 2.31. The summed E-state index contributed by atoms with van der Waals surface area (Å²) >= 11 is 0. The minimum atomic E-state index is 1.12. The van der Waals surface area contributed by atoms with Crippen LogP contribution < -0.4 is 0 Å². The van der Waals surface area contributed by atoms with E-state index >= 15 is 0 Å². The van der Waals surface area contributed by atoms with Crippen LogP contribution in [0.25, 0.3) is 0 Å². The quantitative estimate of drug-likeness (QED) is 0.627. The summed E-state index contributed by atoms with van der Waals surface area (Å²) in [6, 6.07) is 9.15. The number of rotatable bonds is 1. The minimum absolute atomic E-state index is 1.12. The van der Waals surface area contributed by atoms with Gasteiger partial charge in [-0.1, -0.05) is 53.6 Å². The molecule has 0 N–H and O–H groups in total. The first-order valence-electron chi connectivity index (χ1n) is 7.22. The van der Waals surface area contributed by atoms with Crippen molar-refractivity contribution in [3.05, 3.63) is 70.3 Å². The van der Waals surface area contributed by atoms with Crippen molar-refractivity contribution in [2.24, 2.45) is 0 Å². The molecule has 100 valence electrons. The summed E-state index contributed by atoms with van der Waals surface area (Å²) in [6.45, 7) is 6.57. The third kappa shape index (κ3) is 4.55. The molecule has 0 amide bonds. The van der Waals surface area contributed by atoms with E-state index in [2.05, 4.69) is 63.3 Å². The highest BCUT2D eigenvalue weighted by atomic mass is 14.1. The second-order valence-electron chi connectivity index (χ2n) is 5.79. The van der Waals surface area contributed by atoms with Crippen molar-refractivity contribution < 1.29 is 0 Å². The lowest BCUT2D eigenvalue weighted by atomic mass is 9.97. The summed E-state index contributed by atoms with van der Waals surface area (Å²) < 4.78 is 0. The fraction of sp³-hybridized carbons (Fsp3) is 0.368. The molecule has 0 unspecified atom stereocenters. The van der Waals surface area contributed by atoms with Crippen LogP contribution in [0.2, 0.25) is 0 Å². The molecule has 19 heavy (non-hydrogen) atoms. The average molecular weight is 252 g/mol. The van der Waals surface area contributed by atoms with E-state index in [1.165, 1.54) is 27.8 Å². The van der Waals surface area contributed by atoms with E-state index in [-0.39, 0.29) is 0 Å². The highest BCUT2D eigenvalue weighted by Gasteiger charge is 2.01. The molecule has 0 atom stereocenters. The zero-order chi connectivity index (χ0) is 13.7. The monoisotopic (exact) mass is 252 g/mol. The Balaban J connectivity index is 2.27. The predicted molar refractivity (Wildman–Crippen MR) is 84.4 cm³/mol. The molecule has 0 spiro atoms. The Kier molecular flexibility index (Phi) is 4.79. The molecule has 0 radical (unpaired) electrons. The van der Waals surface area contributed by atoms with Gasteiger partial charge in [0.15, 0.2) is 0 Å². The molecule has 0 nitrogen and oxygen atoms in total. The summed E-state index contributed by atoms with van der Waals surface area (Å²) in [6.07, 6.45) is 11.5.